The number of hydrogen-bond acceptors (Lipinski definition) is 3. The molecule has 1 aliphatic carbocycles. The van der Waals surface area contributed by atoms with Crippen molar-refractivity contribution in [2.75, 3.05) is 11.9 Å². The SMILES string of the molecule is NC(=O)c1ccccc1NC(=O)CNC(=O)CC1CCCC1. The molecule has 1 aromatic rings. The minimum Gasteiger partial charge on any atom is -0.366 e. The van der Waals surface area contributed by atoms with Gasteiger partial charge >= 0.3 is 0 Å². The number of benzene rings is 1. The zero-order chi connectivity index (χ0) is 15.9. The Morgan fingerprint density at radius 1 is 1.09 bits per heavy atom. The van der Waals surface area contributed by atoms with Crippen molar-refractivity contribution in [1.82, 2.24) is 5.32 Å². The fourth-order valence-electron chi connectivity index (χ4n) is 2.73. The van der Waals surface area contributed by atoms with Crippen molar-refractivity contribution in [3.05, 3.63) is 29.8 Å². The van der Waals surface area contributed by atoms with E-state index in [2.05, 4.69) is 10.6 Å². The van der Waals surface area contributed by atoms with Crippen LogP contribution in [-0.2, 0) is 9.59 Å². The summed E-state index contributed by atoms with van der Waals surface area (Å²) in [5.41, 5.74) is 5.84. The van der Waals surface area contributed by atoms with E-state index in [0.717, 1.165) is 12.8 Å². The number of para-hydroxylation sites is 1. The zero-order valence-corrected chi connectivity index (χ0v) is 12.4. The van der Waals surface area contributed by atoms with Crippen LogP contribution in [0, 0.1) is 5.92 Å². The molecule has 1 aliphatic rings. The smallest absolute Gasteiger partial charge is 0.250 e. The highest BCUT2D eigenvalue weighted by molar-refractivity contribution is 6.03. The first kappa shape index (κ1) is 16.0. The molecule has 1 saturated carbocycles. The van der Waals surface area contributed by atoms with Crippen LogP contribution in [0.1, 0.15) is 42.5 Å². The van der Waals surface area contributed by atoms with Crippen molar-refractivity contribution >= 4 is 23.4 Å². The summed E-state index contributed by atoms with van der Waals surface area (Å²) < 4.78 is 0. The van der Waals surface area contributed by atoms with Gasteiger partial charge < -0.3 is 16.4 Å². The van der Waals surface area contributed by atoms with Crippen LogP contribution in [0.25, 0.3) is 0 Å². The molecule has 0 radical (unpaired) electrons. The van der Waals surface area contributed by atoms with E-state index in [9.17, 15) is 14.4 Å². The predicted octanol–water partition coefficient (Wildman–Crippen LogP) is 1.42. The lowest BCUT2D eigenvalue weighted by Gasteiger charge is -2.11. The number of nitrogens with two attached hydrogens (primary N) is 1. The number of nitrogens with one attached hydrogen (secondary N) is 2. The average molecular weight is 303 g/mol. The topological polar surface area (TPSA) is 101 Å². The van der Waals surface area contributed by atoms with Crippen LogP contribution in [0.4, 0.5) is 5.69 Å². The van der Waals surface area contributed by atoms with Gasteiger partial charge in [-0.3, -0.25) is 14.4 Å². The average Bonchev–Trinajstić information content (AvgIpc) is 2.98. The summed E-state index contributed by atoms with van der Waals surface area (Å²) in [6.45, 7) is -0.112. The van der Waals surface area contributed by atoms with Gasteiger partial charge in [-0.2, -0.15) is 0 Å². The highest BCUT2D eigenvalue weighted by Gasteiger charge is 2.18. The molecule has 118 valence electrons. The summed E-state index contributed by atoms with van der Waals surface area (Å²) in [5, 5.41) is 5.20. The number of amides is 3. The van der Waals surface area contributed by atoms with Crippen molar-refractivity contribution in [2.24, 2.45) is 11.7 Å². The molecule has 0 aromatic heterocycles. The van der Waals surface area contributed by atoms with Gasteiger partial charge in [-0.1, -0.05) is 25.0 Å². The van der Waals surface area contributed by atoms with Crippen LogP contribution in [0.15, 0.2) is 24.3 Å². The Labute approximate surface area is 129 Å². The Morgan fingerprint density at radius 3 is 2.45 bits per heavy atom. The number of carbonyl (C=O) groups is 3. The molecule has 4 N–H and O–H groups in total. The number of hydrogen-bond donors (Lipinski definition) is 3. The van der Waals surface area contributed by atoms with E-state index >= 15 is 0 Å². The summed E-state index contributed by atoms with van der Waals surface area (Å²) in [4.78, 5) is 34.9. The van der Waals surface area contributed by atoms with Gasteiger partial charge in [-0.25, -0.2) is 0 Å². The van der Waals surface area contributed by atoms with Crippen molar-refractivity contribution < 1.29 is 14.4 Å². The third-order valence-corrected chi connectivity index (χ3v) is 3.86. The molecule has 0 bridgehead atoms. The molecule has 0 spiro atoms. The van der Waals surface area contributed by atoms with Gasteiger partial charge in [0.2, 0.25) is 11.8 Å². The van der Waals surface area contributed by atoms with Gasteiger partial charge in [-0.15, -0.1) is 0 Å². The van der Waals surface area contributed by atoms with E-state index in [1.165, 1.54) is 18.9 Å². The zero-order valence-electron chi connectivity index (χ0n) is 12.4. The van der Waals surface area contributed by atoms with Crippen LogP contribution >= 0.6 is 0 Å². The molecule has 2 rings (SSSR count). The highest BCUT2D eigenvalue weighted by atomic mass is 16.2. The molecule has 1 fully saturated rings. The Kier molecular flexibility index (Phi) is 5.52. The summed E-state index contributed by atoms with van der Waals surface area (Å²) in [5.74, 6) is -0.654. The first-order chi connectivity index (χ1) is 10.6. The molecule has 0 heterocycles. The Bertz CT molecular complexity index is 566. The Morgan fingerprint density at radius 2 is 1.77 bits per heavy atom. The van der Waals surface area contributed by atoms with Gasteiger partial charge in [0, 0.05) is 6.42 Å². The van der Waals surface area contributed by atoms with Crippen LogP contribution in [0.5, 0.6) is 0 Å². The van der Waals surface area contributed by atoms with Crippen LogP contribution in [0.3, 0.4) is 0 Å². The predicted molar refractivity (Wildman–Crippen MR) is 83.2 cm³/mol. The van der Waals surface area contributed by atoms with Gasteiger partial charge in [0.15, 0.2) is 0 Å². The van der Waals surface area contributed by atoms with E-state index in [1.54, 1.807) is 18.2 Å². The van der Waals surface area contributed by atoms with Crippen LogP contribution < -0.4 is 16.4 Å². The first-order valence-corrected chi connectivity index (χ1v) is 7.51. The van der Waals surface area contributed by atoms with Crippen molar-refractivity contribution in [3.8, 4) is 0 Å². The summed E-state index contributed by atoms with van der Waals surface area (Å²) in [6.07, 6.45) is 5.02. The fraction of sp³-hybridized carbons (Fsp3) is 0.438. The summed E-state index contributed by atoms with van der Waals surface area (Å²) in [7, 11) is 0. The fourth-order valence-corrected chi connectivity index (χ4v) is 2.73. The van der Waals surface area contributed by atoms with E-state index in [4.69, 9.17) is 5.73 Å². The molecule has 6 heteroatoms. The lowest BCUT2D eigenvalue weighted by atomic mass is 10.0. The second kappa shape index (κ2) is 7.59. The quantitative estimate of drug-likeness (QED) is 0.740. The van der Waals surface area contributed by atoms with Crippen molar-refractivity contribution in [2.45, 2.75) is 32.1 Å². The van der Waals surface area contributed by atoms with E-state index in [0.29, 0.717) is 18.0 Å². The standard InChI is InChI=1S/C16H21N3O3/c17-16(22)12-7-3-4-8-13(12)19-15(21)10-18-14(20)9-11-5-1-2-6-11/h3-4,7-8,11H,1-2,5-6,9-10H2,(H2,17,22)(H,18,20)(H,19,21). The molecule has 0 unspecified atom stereocenters. The van der Waals surface area contributed by atoms with Crippen LogP contribution in [0.2, 0.25) is 0 Å². The maximum Gasteiger partial charge on any atom is 0.250 e. The Hall–Kier alpha value is -2.37. The molecule has 0 saturated heterocycles. The molecular formula is C16H21N3O3. The van der Waals surface area contributed by atoms with Crippen molar-refractivity contribution in [3.63, 3.8) is 0 Å². The van der Waals surface area contributed by atoms with E-state index < -0.39 is 5.91 Å². The lowest BCUT2D eigenvalue weighted by Crippen LogP contribution is -2.34. The van der Waals surface area contributed by atoms with Gasteiger partial charge in [-0.05, 0) is 30.9 Å². The molecule has 1 aromatic carbocycles. The van der Waals surface area contributed by atoms with Crippen LogP contribution in [-0.4, -0.2) is 24.3 Å². The number of rotatable bonds is 6. The maximum atomic E-state index is 11.9. The summed E-state index contributed by atoms with van der Waals surface area (Å²) in [6, 6.07) is 6.49. The molecule has 0 atom stereocenters. The number of anilines is 1. The third kappa shape index (κ3) is 4.58. The normalized spacial score (nSPS) is 14.5. The van der Waals surface area contributed by atoms with Crippen molar-refractivity contribution in [1.29, 1.82) is 0 Å². The number of primary amides is 1. The molecular weight excluding hydrogens is 282 g/mol. The van der Waals surface area contributed by atoms with Gasteiger partial charge in [0.05, 0.1) is 17.8 Å². The molecule has 3 amide bonds. The maximum absolute atomic E-state index is 11.9. The second-order valence-corrected chi connectivity index (χ2v) is 5.59. The second-order valence-electron chi connectivity index (χ2n) is 5.59. The highest BCUT2D eigenvalue weighted by Crippen LogP contribution is 2.27. The van der Waals surface area contributed by atoms with E-state index in [-0.39, 0.29) is 23.9 Å². The van der Waals surface area contributed by atoms with Gasteiger partial charge in [0.25, 0.3) is 5.91 Å². The minimum absolute atomic E-state index is 0.106. The van der Waals surface area contributed by atoms with Gasteiger partial charge in [0.1, 0.15) is 0 Å². The van der Waals surface area contributed by atoms with E-state index in [1.807, 2.05) is 0 Å². The third-order valence-electron chi connectivity index (χ3n) is 3.86. The Balaban J connectivity index is 1.80. The minimum atomic E-state index is -0.610. The molecule has 22 heavy (non-hydrogen) atoms. The number of carbonyl (C=O) groups excluding carboxylic acids is 3. The first-order valence-electron chi connectivity index (χ1n) is 7.51. The molecule has 0 aliphatic heterocycles. The lowest BCUT2D eigenvalue weighted by molar-refractivity contribution is -0.124. The monoisotopic (exact) mass is 303 g/mol. The molecule has 6 nitrogen and oxygen atoms in total. The summed E-state index contributed by atoms with van der Waals surface area (Å²) >= 11 is 0. The largest absolute Gasteiger partial charge is 0.366 e.